The van der Waals surface area contributed by atoms with Crippen molar-refractivity contribution in [3.63, 3.8) is 0 Å². The fourth-order valence-corrected chi connectivity index (χ4v) is 7.74. The van der Waals surface area contributed by atoms with Crippen LogP contribution in [0.4, 0.5) is 0 Å². The van der Waals surface area contributed by atoms with Crippen molar-refractivity contribution in [2.75, 3.05) is 33.2 Å². The highest BCUT2D eigenvalue weighted by Gasteiger charge is 2.38. The van der Waals surface area contributed by atoms with Crippen LogP contribution in [0.25, 0.3) is 0 Å². The zero-order chi connectivity index (χ0) is 34.0. The Morgan fingerprint density at radius 1 is 0.625 bits per heavy atom. The molecule has 10 heteroatoms. The number of hydrogen-bond acceptors (Lipinski definition) is 10. The van der Waals surface area contributed by atoms with Gasteiger partial charge in [0.1, 0.15) is 12.9 Å². The van der Waals surface area contributed by atoms with Crippen molar-refractivity contribution in [3.05, 3.63) is 30.9 Å². The predicted octanol–water partition coefficient (Wildman–Crippen LogP) is 7.25. The molecule has 4 aliphatic rings. The Kier molecular flexibility index (Phi) is 17.4. The third-order valence-corrected chi connectivity index (χ3v) is 10.6. The van der Waals surface area contributed by atoms with Crippen LogP contribution in [0.5, 0.6) is 0 Å². The van der Waals surface area contributed by atoms with Gasteiger partial charge in [0.2, 0.25) is 0 Å². The normalized spacial score (nSPS) is 30.3. The Hall–Kier alpha value is -2.36. The van der Waals surface area contributed by atoms with E-state index in [-0.39, 0.29) is 54.3 Å². The highest BCUT2D eigenvalue weighted by atomic mass is 16.7. The van der Waals surface area contributed by atoms with Crippen LogP contribution in [-0.4, -0.2) is 80.8 Å². The average molecular weight is 677 g/mol. The van der Waals surface area contributed by atoms with Gasteiger partial charge in [-0.1, -0.05) is 6.58 Å². The van der Waals surface area contributed by atoms with E-state index in [1.165, 1.54) is 6.08 Å². The molecule has 4 unspecified atom stereocenters. The Labute approximate surface area is 287 Å². The molecule has 4 aliphatic carbocycles. The summed E-state index contributed by atoms with van der Waals surface area (Å²) in [5, 5.41) is 9.18. The number of aliphatic hydroxyl groups excluding tert-OH is 1. The van der Waals surface area contributed by atoms with Gasteiger partial charge in [0.05, 0.1) is 43.5 Å². The van der Waals surface area contributed by atoms with Gasteiger partial charge in [0.15, 0.2) is 0 Å². The third kappa shape index (κ3) is 13.9. The van der Waals surface area contributed by atoms with Crippen molar-refractivity contribution in [1.29, 1.82) is 0 Å². The Morgan fingerprint density at radius 3 is 1.71 bits per heavy atom. The third-order valence-electron chi connectivity index (χ3n) is 10.6. The fraction of sp³-hybridized carbons (Fsp3) is 0.816. The number of esters is 2. The van der Waals surface area contributed by atoms with Crippen molar-refractivity contribution >= 4 is 11.9 Å². The lowest BCUT2D eigenvalue weighted by Gasteiger charge is -2.42. The van der Waals surface area contributed by atoms with Crippen molar-refractivity contribution < 1.29 is 47.9 Å². The molecule has 4 rings (SSSR count). The van der Waals surface area contributed by atoms with E-state index in [0.717, 1.165) is 116 Å². The molecule has 0 aliphatic heterocycles. The lowest BCUT2D eigenvalue weighted by atomic mass is 9.69. The first kappa shape index (κ1) is 38.4. The second kappa shape index (κ2) is 21.7. The van der Waals surface area contributed by atoms with Crippen LogP contribution in [-0.2, 0) is 42.7 Å². The predicted molar refractivity (Wildman–Crippen MR) is 180 cm³/mol. The van der Waals surface area contributed by atoms with Crippen LogP contribution in [0.15, 0.2) is 30.9 Å². The summed E-state index contributed by atoms with van der Waals surface area (Å²) in [5.74, 6) is 0.592. The van der Waals surface area contributed by atoms with Crippen LogP contribution >= 0.6 is 0 Å². The molecule has 0 heterocycles. The van der Waals surface area contributed by atoms with Crippen LogP contribution < -0.4 is 0 Å². The number of rotatable bonds is 20. The van der Waals surface area contributed by atoms with E-state index in [1.54, 1.807) is 0 Å². The van der Waals surface area contributed by atoms with Crippen molar-refractivity contribution in [1.82, 2.24) is 0 Å². The van der Waals surface area contributed by atoms with Gasteiger partial charge in [0.25, 0.3) is 0 Å². The summed E-state index contributed by atoms with van der Waals surface area (Å²) in [6.45, 7) is 9.27. The van der Waals surface area contributed by atoms with Gasteiger partial charge in [-0.3, -0.25) is 4.79 Å². The number of fused-ring (bicyclic) bond motifs is 1. The zero-order valence-electron chi connectivity index (χ0n) is 29.0. The zero-order valence-corrected chi connectivity index (χ0v) is 29.0. The van der Waals surface area contributed by atoms with Crippen LogP contribution in [0, 0.1) is 17.8 Å². The standard InChI is InChI=1S/C38H60O10/c1-3-36(39)44-23-7-5-21-42-31-13-9-28(10-14-31)38(41)48-35-16-12-29-25-34(15-11-30(29)26-35)47-27-46-33-19-17-32(18-20-33)43-22-6-8-24-45-37(40)4-2/h3,28-35,40H,1-2,5-27H2. The minimum atomic E-state index is -0.387. The maximum Gasteiger partial charge on any atom is 0.330 e. The molecule has 0 amide bonds. The van der Waals surface area contributed by atoms with E-state index >= 15 is 0 Å². The molecular formula is C38H60O10. The average Bonchev–Trinajstić information content (AvgIpc) is 3.11. The first-order valence-corrected chi connectivity index (χ1v) is 18.6. The van der Waals surface area contributed by atoms with Crippen molar-refractivity contribution in [3.8, 4) is 0 Å². The second-order valence-corrected chi connectivity index (χ2v) is 14.0. The lowest BCUT2D eigenvalue weighted by molar-refractivity contribution is -0.163. The van der Waals surface area contributed by atoms with E-state index in [4.69, 9.17) is 33.2 Å². The van der Waals surface area contributed by atoms with Gasteiger partial charge in [-0.25, -0.2) is 4.79 Å². The highest BCUT2D eigenvalue weighted by molar-refractivity contribution is 5.81. The van der Waals surface area contributed by atoms with Crippen molar-refractivity contribution in [2.24, 2.45) is 17.8 Å². The van der Waals surface area contributed by atoms with Gasteiger partial charge in [0, 0.05) is 19.3 Å². The van der Waals surface area contributed by atoms with Crippen LogP contribution in [0.1, 0.15) is 116 Å². The fourth-order valence-electron chi connectivity index (χ4n) is 7.74. The maximum absolute atomic E-state index is 13.0. The minimum absolute atomic E-state index is 0.0134. The van der Waals surface area contributed by atoms with E-state index in [9.17, 15) is 14.7 Å². The molecule has 0 spiro atoms. The molecule has 0 aromatic heterocycles. The van der Waals surface area contributed by atoms with E-state index < -0.39 is 0 Å². The molecule has 4 atom stereocenters. The van der Waals surface area contributed by atoms with Crippen LogP contribution in [0.2, 0.25) is 0 Å². The number of hydrogen-bond donors (Lipinski definition) is 1. The Morgan fingerprint density at radius 2 is 1.10 bits per heavy atom. The van der Waals surface area contributed by atoms with Gasteiger partial charge in [-0.05, 0) is 140 Å². The van der Waals surface area contributed by atoms with E-state index in [0.29, 0.717) is 45.1 Å². The van der Waals surface area contributed by atoms with E-state index in [1.807, 2.05) is 0 Å². The van der Waals surface area contributed by atoms with Gasteiger partial charge < -0.3 is 38.3 Å². The largest absolute Gasteiger partial charge is 0.475 e. The summed E-state index contributed by atoms with van der Waals surface area (Å²) in [5.41, 5.74) is 2.30. The van der Waals surface area contributed by atoms with Gasteiger partial charge in [-0.2, -0.15) is 0 Å². The molecule has 10 nitrogen and oxygen atoms in total. The minimum Gasteiger partial charge on any atom is -0.475 e. The smallest absolute Gasteiger partial charge is 0.330 e. The van der Waals surface area contributed by atoms with Crippen molar-refractivity contribution in [2.45, 2.75) is 146 Å². The highest BCUT2D eigenvalue weighted by Crippen LogP contribution is 2.43. The SMILES string of the molecule is C=C=C(O)OCCCCOC1CCC(OCOC2CCC3CC(OC(=O)C4CCC(OCCCCOC(=O)C=C)CC4)CCC3C2)CC1. The second-order valence-electron chi connectivity index (χ2n) is 14.0. The number of carbonyl (C=O) groups is 2. The molecule has 1 N–H and O–H groups in total. The molecule has 0 saturated heterocycles. The van der Waals surface area contributed by atoms with Gasteiger partial charge >= 0.3 is 17.9 Å². The lowest BCUT2D eigenvalue weighted by Crippen LogP contribution is -2.38. The topological polar surface area (TPSA) is 119 Å². The first-order chi connectivity index (χ1) is 23.4. The molecule has 0 bridgehead atoms. The monoisotopic (exact) mass is 676 g/mol. The molecule has 48 heavy (non-hydrogen) atoms. The van der Waals surface area contributed by atoms with Gasteiger partial charge in [-0.15, -0.1) is 0 Å². The molecule has 0 aromatic rings. The maximum atomic E-state index is 13.0. The summed E-state index contributed by atoms with van der Waals surface area (Å²) >= 11 is 0. The Balaban J connectivity index is 0.992. The summed E-state index contributed by atoms with van der Waals surface area (Å²) in [6, 6.07) is 0. The number of carbonyl (C=O) groups excluding carboxylic acids is 2. The summed E-state index contributed by atoms with van der Waals surface area (Å²) in [6.07, 6.45) is 19.3. The Bertz CT molecular complexity index is 1010. The quantitative estimate of drug-likeness (QED) is 0.0353. The van der Waals surface area contributed by atoms with Crippen LogP contribution in [0.3, 0.4) is 0 Å². The molecule has 272 valence electrons. The summed E-state index contributed by atoms with van der Waals surface area (Å²) < 4.78 is 40.5. The first-order valence-electron chi connectivity index (χ1n) is 18.6. The van der Waals surface area contributed by atoms with E-state index in [2.05, 4.69) is 18.9 Å². The number of unbranched alkanes of at least 4 members (excludes halogenated alkanes) is 2. The molecule has 0 aromatic carbocycles. The molecule has 0 radical (unpaired) electrons. The summed E-state index contributed by atoms with van der Waals surface area (Å²) in [4.78, 5) is 24.1. The number of ether oxygens (including phenoxy) is 7. The molecule has 4 fully saturated rings. The molecule has 4 saturated carbocycles. The molecular weight excluding hydrogens is 616 g/mol. The summed E-state index contributed by atoms with van der Waals surface area (Å²) in [7, 11) is 0. The number of aliphatic hydroxyl groups is 1.